The van der Waals surface area contributed by atoms with Crippen LogP contribution in [0.4, 0.5) is 5.82 Å². The Balaban J connectivity index is 2.37. The number of rotatable bonds is 3. The number of hydrogen-bond donors (Lipinski definition) is 1. The van der Waals surface area contributed by atoms with E-state index in [0.29, 0.717) is 11.4 Å². The summed E-state index contributed by atoms with van der Waals surface area (Å²) in [7, 11) is 0. The van der Waals surface area contributed by atoms with Crippen molar-refractivity contribution in [3.05, 3.63) is 17.0 Å². The minimum atomic E-state index is -0.557. The van der Waals surface area contributed by atoms with Gasteiger partial charge in [-0.15, -0.1) is 0 Å². The van der Waals surface area contributed by atoms with E-state index < -0.39 is 5.54 Å². The Hall–Kier alpha value is -1.12. The molecular formula is C14H15BrClN3O. The third kappa shape index (κ3) is 3.31. The van der Waals surface area contributed by atoms with Gasteiger partial charge in [-0.1, -0.05) is 19.3 Å². The average molecular weight is 357 g/mol. The summed E-state index contributed by atoms with van der Waals surface area (Å²) in [6.45, 7) is 1.62. The van der Waals surface area contributed by atoms with Gasteiger partial charge in [0.25, 0.3) is 0 Å². The van der Waals surface area contributed by atoms with Crippen LogP contribution in [-0.2, 0) is 4.79 Å². The maximum absolute atomic E-state index is 12.1. The van der Waals surface area contributed by atoms with E-state index in [0.717, 1.165) is 32.1 Å². The topological polar surface area (TPSA) is 54.9 Å². The van der Waals surface area contributed by atoms with Crippen LogP contribution in [-0.4, -0.2) is 21.3 Å². The quantitative estimate of drug-likeness (QED) is 0.665. The Morgan fingerprint density at radius 1 is 1.45 bits per heavy atom. The molecule has 20 heavy (non-hydrogen) atoms. The third-order valence-corrected chi connectivity index (χ3v) is 4.06. The zero-order valence-electron chi connectivity index (χ0n) is 11.2. The molecule has 0 aromatic carbocycles. The zero-order valence-corrected chi connectivity index (χ0v) is 13.5. The van der Waals surface area contributed by atoms with Crippen molar-refractivity contribution in [3.63, 3.8) is 0 Å². The van der Waals surface area contributed by atoms with E-state index >= 15 is 0 Å². The molecule has 0 aliphatic heterocycles. The molecule has 6 heteroatoms. The zero-order chi connectivity index (χ0) is 14.6. The lowest BCUT2D eigenvalue weighted by Crippen LogP contribution is -2.47. The van der Waals surface area contributed by atoms with Gasteiger partial charge in [0.1, 0.15) is 5.82 Å². The minimum Gasteiger partial charge on any atom is -0.356 e. The molecule has 4 nitrogen and oxygen atoms in total. The summed E-state index contributed by atoms with van der Waals surface area (Å²) >= 11 is 8.91. The summed E-state index contributed by atoms with van der Waals surface area (Å²) in [5, 5.41) is 3.42. The van der Waals surface area contributed by atoms with Crippen molar-refractivity contribution in [2.75, 3.05) is 5.32 Å². The van der Waals surface area contributed by atoms with Crippen molar-refractivity contribution in [3.8, 4) is 10.8 Å². The van der Waals surface area contributed by atoms with Crippen LogP contribution in [0.25, 0.3) is 0 Å². The Bertz CT molecular complexity index is 574. The molecule has 1 fully saturated rings. The van der Waals surface area contributed by atoms with Crippen molar-refractivity contribution in [2.45, 2.75) is 44.6 Å². The fourth-order valence-electron chi connectivity index (χ4n) is 2.55. The van der Waals surface area contributed by atoms with Crippen molar-refractivity contribution in [1.29, 1.82) is 0 Å². The van der Waals surface area contributed by atoms with E-state index in [-0.39, 0.29) is 11.1 Å². The average Bonchev–Trinajstić information content (AvgIpc) is 2.43. The Morgan fingerprint density at radius 2 is 2.15 bits per heavy atom. The lowest BCUT2D eigenvalue weighted by Gasteiger charge is -2.36. The number of carbonyl (C=O) groups excluding carboxylic acids is 1. The number of aromatic nitrogens is 2. The molecular weight excluding hydrogens is 342 g/mol. The lowest BCUT2D eigenvalue weighted by atomic mass is 9.79. The third-order valence-electron chi connectivity index (χ3n) is 3.68. The molecule has 0 amide bonds. The molecule has 2 rings (SSSR count). The number of hydrogen-bond acceptors (Lipinski definition) is 4. The second-order valence-electron chi connectivity index (χ2n) is 4.94. The first kappa shape index (κ1) is 15.3. The molecule has 1 saturated carbocycles. The number of anilines is 1. The van der Waals surface area contributed by atoms with Crippen LogP contribution in [0.15, 0.2) is 6.20 Å². The maximum atomic E-state index is 12.1. The molecule has 0 saturated heterocycles. The number of carbonyl (C=O) groups is 1. The van der Waals surface area contributed by atoms with Gasteiger partial charge >= 0.3 is 0 Å². The number of ketones is 1. The fraction of sp³-hybridized carbons (Fsp3) is 0.500. The summed E-state index contributed by atoms with van der Waals surface area (Å²) < 4.78 is 0. The van der Waals surface area contributed by atoms with Gasteiger partial charge in [0, 0.05) is 22.1 Å². The molecule has 1 aromatic heterocycles. The van der Waals surface area contributed by atoms with Gasteiger partial charge in [-0.2, -0.15) is 4.98 Å². The highest BCUT2D eigenvalue weighted by Crippen LogP contribution is 2.33. The Kier molecular flexibility index (Phi) is 5.00. The maximum Gasteiger partial charge on any atom is 0.224 e. The molecule has 0 unspecified atom stereocenters. The largest absolute Gasteiger partial charge is 0.356 e. The van der Waals surface area contributed by atoms with Gasteiger partial charge in [-0.3, -0.25) is 4.79 Å². The van der Waals surface area contributed by atoms with Gasteiger partial charge in [0.2, 0.25) is 5.28 Å². The van der Waals surface area contributed by atoms with Crippen LogP contribution < -0.4 is 5.32 Å². The summed E-state index contributed by atoms with van der Waals surface area (Å²) in [6.07, 6.45) is 6.41. The number of halogens is 2. The van der Waals surface area contributed by atoms with Crippen LogP contribution in [0.3, 0.4) is 0 Å². The highest BCUT2D eigenvalue weighted by Gasteiger charge is 2.37. The van der Waals surface area contributed by atoms with Crippen molar-refractivity contribution < 1.29 is 4.79 Å². The summed E-state index contributed by atoms with van der Waals surface area (Å²) in [6, 6.07) is 0. The van der Waals surface area contributed by atoms with Crippen LogP contribution in [0.2, 0.25) is 5.28 Å². The monoisotopic (exact) mass is 355 g/mol. The molecule has 1 aliphatic rings. The highest BCUT2D eigenvalue weighted by atomic mass is 79.9. The molecule has 1 heterocycles. The van der Waals surface area contributed by atoms with Gasteiger partial charge in [-0.05, 0) is 42.1 Å². The SMILES string of the molecule is CC(=O)C1(Nc2nc(Cl)ncc2C#CBr)CCCCC1. The first-order valence-electron chi connectivity index (χ1n) is 6.51. The van der Waals surface area contributed by atoms with Crippen LogP contribution in [0.5, 0.6) is 0 Å². The Morgan fingerprint density at radius 3 is 2.75 bits per heavy atom. The number of nitrogens with one attached hydrogen (secondary N) is 1. The standard InChI is InChI=1S/C14H15BrClN3O/c1-10(20)14(6-3-2-4-7-14)19-12-11(5-8-15)9-17-13(16)18-12/h9H,2-4,6-7H2,1H3,(H,17,18,19). The highest BCUT2D eigenvalue weighted by molar-refractivity contribution is 9.12. The number of Topliss-reactive ketones (excluding diaryl/α,β-unsaturated/α-hetero) is 1. The fourth-order valence-corrected chi connectivity index (χ4v) is 2.89. The molecule has 0 bridgehead atoms. The first-order valence-corrected chi connectivity index (χ1v) is 7.68. The minimum absolute atomic E-state index is 0.129. The molecule has 0 spiro atoms. The van der Waals surface area contributed by atoms with Gasteiger partial charge in [-0.25, -0.2) is 4.98 Å². The van der Waals surface area contributed by atoms with Crippen LogP contribution in [0.1, 0.15) is 44.6 Å². The lowest BCUT2D eigenvalue weighted by molar-refractivity contribution is -0.122. The predicted molar refractivity (Wildman–Crippen MR) is 83.0 cm³/mol. The van der Waals surface area contributed by atoms with Crippen molar-refractivity contribution in [1.82, 2.24) is 9.97 Å². The molecule has 1 N–H and O–H groups in total. The summed E-state index contributed by atoms with van der Waals surface area (Å²) in [5.41, 5.74) is 0.0658. The van der Waals surface area contributed by atoms with Gasteiger partial charge in [0.05, 0.1) is 11.1 Å². The molecule has 106 valence electrons. The van der Waals surface area contributed by atoms with E-state index in [1.807, 2.05) is 0 Å². The normalized spacial score (nSPS) is 16.9. The second-order valence-corrected chi connectivity index (χ2v) is 5.68. The van der Waals surface area contributed by atoms with E-state index in [1.165, 1.54) is 0 Å². The van der Waals surface area contributed by atoms with Crippen LogP contribution >= 0.6 is 27.5 Å². The first-order chi connectivity index (χ1) is 9.57. The van der Waals surface area contributed by atoms with E-state index in [9.17, 15) is 4.79 Å². The second kappa shape index (κ2) is 6.55. The van der Waals surface area contributed by atoms with E-state index in [1.54, 1.807) is 13.1 Å². The van der Waals surface area contributed by atoms with Gasteiger partial charge < -0.3 is 5.32 Å². The van der Waals surface area contributed by atoms with Crippen molar-refractivity contribution >= 4 is 39.1 Å². The predicted octanol–water partition coefficient (Wildman–Crippen LogP) is 3.54. The summed E-state index contributed by atoms with van der Waals surface area (Å²) in [4.78, 5) is 22.8. The smallest absolute Gasteiger partial charge is 0.224 e. The molecule has 1 aliphatic carbocycles. The Labute approximate surface area is 131 Å². The molecule has 1 aromatic rings. The van der Waals surface area contributed by atoms with Crippen LogP contribution in [0, 0.1) is 10.8 Å². The van der Waals surface area contributed by atoms with Crippen molar-refractivity contribution in [2.24, 2.45) is 0 Å². The number of nitrogens with zero attached hydrogens (tertiary/aromatic N) is 2. The molecule has 0 radical (unpaired) electrons. The van der Waals surface area contributed by atoms with E-state index in [2.05, 4.69) is 42.0 Å². The summed E-state index contributed by atoms with van der Waals surface area (Å²) in [5.74, 6) is 3.51. The van der Waals surface area contributed by atoms with E-state index in [4.69, 9.17) is 11.6 Å². The molecule has 0 atom stereocenters. The van der Waals surface area contributed by atoms with Gasteiger partial charge in [0.15, 0.2) is 5.78 Å².